The molecular formula is C13H12N2O. The summed E-state index contributed by atoms with van der Waals surface area (Å²) < 4.78 is 0. The molecule has 0 aliphatic heterocycles. The first-order valence-electron chi connectivity index (χ1n) is 5.21. The van der Waals surface area contributed by atoms with Crippen LogP contribution in [-0.4, -0.2) is 16.3 Å². The molecule has 1 aromatic heterocycles. The molecule has 0 saturated carbocycles. The highest BCUT2D eigenvalue weighted by Crippen LogP contribution is 2.16. The van der Waals surface area contributed by atoms with E-state index in [0.717, 1.165) is 29.8 Å². The summed E-state index contributed by atoms with van der Waals surface area (Å²) >= 11 is 0. The monoisotopic (exact) mass is 212 g/mol. The summed E-state index contributed by atoms with van der Waals surface area (Å²) in [7, 11) is 0. The van der Waals surface area contributed by atoms with E-state index >= 15 is 0 Å². The van der Waals surface area contributed by atoms with Gasteiger partial charge >= 0.3 is 0 Å². The Bertz CT molecular complexity index is 492. The van der Waals surface area contributed by atoms with E-state index in [1.54, 1.807) is 18.3 Å². The maximum Gasteiger partial charge on any atom is 0.150 e. The van der Waals surface area contributed by atoms with Gasteiger partial charge in [-0.15, -0.1) is 0 Å². The van der Waals surface area contributed by atoms with Gasteiger partial charge in [0.25, 0.3) is 0 Å². The van der Waals surface area contributed by atoms with Gasteiger partial charge < -0.3 is 0 Å². The molecule has 1 heterocycles. The summed E-state index contributed by atoms with van der Waals surface area (Å²) in [6.07, 6.45) is 3.41. The SMILES string of the molecule is CCc1nccc(-c2ccc(C=O)cc2)n1. The minimum Gasteiger partial charge on any atom is -0.298 e. The molecule has 0 radical (unpaired) electrons. The molecule has 0 atom stereocenters. The molecule has 0 unspecified atom stereocenters. The average molecular weight is 212 g/mol. The molecule has 0 spiro atoms. The zero-order valence-electron chi connectivity index (χ0n) is 9.05. The van der Waals surface area contributed by atoms with Crippen LogP contribution in [0.3, 0.4) is 0 Å². The number of rotatable bonds is 3. The molecular weight excluding hydrogens is 200 g/mol. The lowest BCUT2D eigenvalue weighted by Gasteiger charge is -2.02. The Balaban J connectivity index is 2.38. The Kier molecular flexibility index (Phi) is 3.05. The highest BCUT2D eigenvalue weighted by atomic mass is 16.1. The molecule has 80 valence electrons. The van der Waals surface area contributed by atoms with Gasteiger partial charge in [-0.2, -0.15) is 0 Å². The fourth-order valence-electron chi connectivity index (χ4n) is 1.46. The molecule has 3 heteroatoms. The normalized spacial score (nSPS) is 10.1. The maximum atomic E-state index is 10.5. The number of aromatic nitrogens is 2. The summed E-state index contributed by atoms with van der Waals surface area (Å²) in [5, 5.41) is 0. The second-order valence-corrected chi connectivity index (χ2v) is 3.45. The van der Waals surface area contributed by atoms with Crippen LogP contribution in [-0.2, 0) is 6.42 Å². The van der Waals surface area contributed by atoms with Gasteiger partial charge in [0.1, 0.15) is 12.1 Å². The van der Waals surface area contributed by atoms with Crippen LogP contribution in [0.15, 0.2) is 36.5 Å². The first-order valence-corrected chi connectivity index (χ1v) is 5.21. The van der Waals surface area contributed by atoms with Gasteiger partial charge in [0, 0.05) is 23.7 Å². The first kappa shape index (κ1) is 10.5. The summed E-state index contributed by atoms with van der Waals surface area (Å²) in [6.45, 7) is 2.02. The Morgan fingerprint density at radius 2 is 1.94 bits per heavy atom. The lowest BCUT2D eigenvalue weighted by atomic mass is 10.1. The topological polar surface area (TPSA) is 42.9 Å². The van der Waals surface area contributed by atoms with E-state index in [9.17, 15) is 4.79 Å². The van der Waals surface area contributed by atoms with Crippen LogP contribution in [0.4, 0.5) is 0 Å². The van der Waals surface area contributed by atoms with Crippen molar-refractivity contribution >= 4 is 6.29 Å². The van der Waals surface area contributed by atoms with Gasteiger partial charge in [-0.1, -0.05) is 31.2 Å². The van der Waals surface area contributed by atoms with Crippen LogP contribution in [0.1, 0.15) is 23.1 Å². The predicted molar refractivity (Wildman–Crippen MR) is 62.2 cm³/mol. The number of aryl methyl sites for hydroxylation is 1. The molecule has 16 heavy (non-hydrogen) atoms. The fourth-order valence-corrected chi connectivity index (χ4v) is 1.46. The van der Waals surface area contributed by atoms with E-state index < -0.39 is 0 Å². The van der Waals surface area contributed by atoms with Crippen molar-refractivity contribution in [1.82, 2.24) is 9.97 Å². The predicted octanol–water partition coefficient (Wildman–Crippen LogP) is 2.52. The second kappa shape index (κ2) is 4.66. The smallest absolute Gasteiger partial charge is 0.150 e. The van der Waals surface area contributed by atoms with Crippen LogP contribution >= 0.6 is 0 Å². The van der Waals surface area contributed by atoms with Crippen molar-refractivity contribution in [3.8, 4) is 11.3 Å². The van der Waals surface area contributed by atoms with Gasteiger partial charge in [-0.25, -0.2) is 9.97 Å². The van der Waals surface area contributed by atoms with Crippen molar-refractivity contribution < 1.29 is 4.79 Å². The van der Waals surface area contributed by atoms with Crippen molar-refractivity contribution in [3.05, 3.63) is 47.9 Å². The van der Waals surface area contributed by atoms with Gasteiger partial charge in [-0.05, 0) is 6.07 Å². The first-order chi connectivity index (χ1) is 7.83. The number of carbonyl (C=O) groups is 1. The number of nitrogens with zero attached hydrogens (tertiary/aromatic N) is 2. The van der Waals surface area contributed by atoms with Gasteiger partial charge in [0.2, 0.25) is 0 Å². The van der Waals surface area contributed by atoms with Gasteiger partial charge in [0.15, 0.2) is 0 Å². The number of aldehydes is 1. The number of hydrogen-bond donors (Lipinski definition) is 0. The average Bonchev–Trinajstić information content (AvgIpc) is 2.39. The third-order valence-electron chi connectivity index (χ3n) is 2.36. The van der Waals surface area contributed by atoms with Crippen molar-refractivity contribution in [1.29, 1.82) is 0 Å². The number of benzene rings is 1. The molecule has 0 aliphatic carbocycles. The lowest BCUT2D eigenvalue weighted by molar-refractivity contribution is 0.112. The minimum absolute atomic E-state index is 0.675. The zero-order valence-corrected chi connectivity index (χ0v) is 9.05. The zero-order chi connectivity index (χ0) is 11.4. The van der Waals surface area contributed by atoms with Crippen LogP contribution < -0.4 is 0 Å². The molecule has 1 aromatic carbocycles. The van der Waals surface area contributed by atoms with E-state index in [1.165, 1.54) is 0 Å². The van der Waals surface area contributed by atoms with Crippen LogP contribution in [0.2, 0.25) is 0 Å². The van der Waals surface area contributed by atoms with Crippen molar-refractivity contribution in [2.24, 2.45) is 0 Å². The van der Waals surface area contributed by atoms with E-state index in [2.05, 4.69) is 9.97 Å². The molecule has 2 aromatic rings. The Labute approximate surface area is 94.2 Å². The van der Waals surface area contributed by atoms with Crippen LogP contribution in [0.5, 0.6) is 0 Å². The van der Waals surface area contributed by atoms with E-state index in [1.807, 2.05) is 25.1 Å². The van der Waals surface area contributed by atoms with E-state index in [-0.39, 0.29) is 0 Å². The maximum absolute atomic E-state index is 10.5. The molecule has 2 rings (SSSR count). The fraction of sp³-hybridized carbons (Fsp3) is 0.154. The number of carbonyl (C=O) groups excluding carboxylic acids is 1. The van der Waals surface area contributed by atoms with Crippen LogP contribution in [0.25, 0.3) is 11.3 Å². The highest BCUT2D eigenvalue weighted by Gasteiger charge is 2.00. The molecule has 0 bridgehead atoms. The van der Waals surface area contributed by atoms with Crippen LogP contribution in [0, 0.1) is 0 Å². The molecule has 0 saturated heterocycles. The number of hydrogen-bond acceptors (Lipinski definition) is 3. The molecule has 0 amide bonds. The minimum atomic E-state index is 0.675. The van der Waals surface area contributed by atoms with E-state index in [0.29, 0.717) is 5.56 Å². The highest BCUT2D eigenvalue weighted by molar-refractivity contribution is 5.76. The van der Waals surface area contributed by atoms with Gasteiger partial charge in [-0.3, -0.25) is 4.79 Å². The Morgan fingerprint density at radius 3 is 2.56 bits per heavy atom. The van der Waals surface area contributed by atoms with Gasteiger partial charge in [0.05, 0.1) is 5.69 Å². The van der Waals surface area contributed by atoms with E-state index in [4.69, 9.17) is 0 Å². The quantitative estimate of drug-likeness (QED) is 0.734. The lowest BCUT2D eigenvalue weighted by Crippen LogP contribution is -1.93. The molecule has 0 N–H and O–H groups in total. The summed E-state index contributed by atoms with van der Waals surface area (Å²) in [5.41, 5.74) is 2.57. The third kappa shape index (κ3) is 2.14. The summed E-state index contributed by atoms with van der Waals surface area (Å²) in [4.78, 5) is 19.1. The van der Waals surface area contributed by atoms with Crippen molar-refractivity contribution in [2.75, 3.05) is 0 Å². The summed E-state index contributed by atoms with van der Waals surface area (Å²) in [5.74, 6) is 0.831. The third-order valence-corrected chi connectivity index (χ3v) is 2.36. The standard InChI is InChI=1S/C13H12N2O/c1-2-13-14-8-7-12(15-13)11-5-3-10(9-16)4-6-11/h3-9H,2H2,1H3. The second-order valence-electron chi connectivity index (χ2n) is 3.45. The Hall–Kier alpha value is -2.03. The molecule has 0 fully saturated rings. The molecule has 3 nitrogen and oxygen atoms in total. The van der Waals surface area contributed by atoms with Crippen molar-refractivity contribution in [3.63, 3.8) is 0 Å². The van der Waals surface area contributed by atoms with Crippen molar-refractivity contribution in [2.45, 2.75) is 13.3 Å². The largest absolute Gasteiger partial charge is 0.298 e. The summed E-state index contributed by atoms with van der Waals surface area (Å²) in [6, 6.07) is 9.23. The molecule has 0 aliphatic rings. The Morgan fingerprint density at radius 1 is 1.19 bits per heavy atom.